The van der Waals surface area contributed by atoms with Crippen molar-refractivity contribution in [2.45, 2.75) is 26.3 Å². The fourth-order valence-corrected chi connectivity index (χ4v) is 1.44. The van der Waals surface area contributed by atoms with Crippen LogP contribution in [0.4, 0.5) is 0 Å². The summed E-state index contributed by atoms with van der Waals surface area (Å²) in [6.07, 6.45) is 0.842. The number of nitrogens with one attached hydrogen (secondary N) is 1. The molecule has 0 fully saturated rings. The topological polar surface area (TPSA) is 32.3 Å². The van der Waals surface area contributed by atoms with Crippen molar-refractivity contribution < 1.29 is 5.11 Å². The lowest BCUT2D eigenvalue weighted by molar-refractivity contribution is 0.453. The van der Waals surface area contributed by atoms with Crippen LogP contribution in [0.25, 0.3) is 0 Å². The summed E-state index contributed by atoms with van der Waals surface area (Å²) in [6.45, 7) is 4.72. The van der Waals surface area contributed by atoms with Crippen molar-refractivity contribution in [3.05, 3.63) is 29.8 Å². The molecule has 1 atom stereocenters. The van der Waals surface area contributed by atoms with Gasteiger partial charge < -0.3 is 10.4 Å². The third kappa shape index (κ3) is 3.65. The molecule has 2 nitrogen and oxygen atoms in total. The Balaban J connectivity index is 2.49. The van der Waals surface area contributed by atoms with Gasteiger partial charge in [-0.3, -0.25) is 0 Å². The van der Waals surface area contributed by atoms with E-state index in [0.717, 1.165) is 18.5 Å². The molecule has 0 saturated carbocycles. The molecule has 1 rings (SSSR count). The van der Waals surface area contributed by atoms with E-state index in [0.29, 0.717) is 5.75 Å². The monoisotopic (exact) mass is 203 g/mol. The summed E-state index contributed by atoms with van der Waals surface area (Å²) in [5.41, 5.74) is 0.932. The Bertz CT molecular complexity index is 362. The summed E-state index contributed by atoms with van der Waals surface area (Å²) >= 11 is 0. The average Bonchev–Trinajstić information content (AvgIpc) is 2.25. The van der Waals surface area contributed by atoms with Gasteiger partial charge in [-0.2, -0.15) is 0 Å². The summed E-state index contributed by atoms with van der Waals surface area (Å²) in [4.78, 5) is 0. The van der Waals surface area contributed by atoms with Crippen LogP contribution in [0.5, 0.6) is 5.75 Å². The van der Waals surface area contributed by atoms with Gasteiger partial charge in [-0.1, -0.05) is 18.2 Å². The lowest BCUT2D eigenvalue weighted by atomic mass is 10.1. The summed E-state index contributed by atoms with van der Waals surface area (Å²) in [7, 11) is 0. The van der Waals surface area contributed by atoms with E-state index in [1.165, 1.54) is 0 Å². The van der Waals surface area contributed by atoms with Crippen LogP contribution in [0, 0.1) is 11.8 Å². The van der Waals surface area contributed by atoms with Gasteiger partial charge in [-0.25, -0.2) is 0 Å². The highest BCUT2D eigenvalue weighted by Gasteiger charge is 2.07. The summed E-state index contributed by atoms with van der Waals surface area (Å²) in [6, 6.07) is 7.55. The number of aromatic hydroxyl groups is 1. The van der Waals surface area contributed by atoms with Gasteiger partial charge in [-0.15, -0.1) is 11.8 Å². The number of hydrogen-bond acceptors (Lipinski definition) is 2. The molecule has 1 aromatic carbocycles. The number of benzene rings is 1. The van der Waals surface area contributed by atoms with Crippen LogP contribution >= 0.6 is 0 Å². The molecule has 1 aromatic rings. The molecule has 15 heavy (non-hydrogen) atoms. The fraction of sp³-hybridized carbons (Fsp3) is 0.385. The van der Waals surface area contributed by atoms with Gasteiger partial charge in [0.1, 0.15) is 5.75 Å². The molecule has 80 valence electrons. The first-order valence-electron chi connectivity index (χ1n) is 5.16. The summed E-state index contributed by atoms with van der Waals surface area (Å²) in [5.74, 6) is 6.19. The highest BCUT2D eigenvalue weighted by Crippen LogP contribution is 2.22. The number of phenols is 1. The molecule has 0 radical (unpaired) electrons. The average molecular weight is 203 g/mol. The van der Waals surface area contributed by atoms with Crippen molar-refractivity contribution in [3.8, 4) is 17.6 Å². The van der Waals surface area contributed by atoms with Gasteiger partial charge in [0.05, 0.1) is 0 Å². The minimum absolute atomic E-state index is 0.157. The van der Waals surface area contributed by atoms with Gasteiger partial charge in [0.15, 0.2) is 0 Å². The zero-order valence-corrected chi connectivity index (χ0v) is 9.25. The molecule has 0 aliphatic heterocycles. The van der Waals surface area contributed by atoms with Gasteiger partial charge in [-0.05, 0) is 19.9 Å². The van der Waals surface area contributed by atoms with Gasteiger partial charge >= 0.3 is 0 Å². The van der Waals surface area contributed by atoms with Crippen molar-refractivity contribution in [1.29, 1.82) is 0 Å². The van der Waals surface area contributed by atoms with E-state index in [9.17, 15) is 5.11 Å². The number of phenolic OH excluding ortho intramolecular Hbond substituents is 1. The Hall–Kier alpha value is -1.46. The highest BCUT2D eigenvalue weighted by atomic mass is 16.3. The van der Waals surface area contributed by atoms with Crippen molar-refractivity contribution in [2.24, 2.45) is 0 Å². The Morgan fingerprint density at radius 2 is 2.13 bits per heavy atom. The van der Waals surface area contributed by atoms with Crippen LogP contribution in [0.3, 0.4) is 0 Å². The molecule has 1 unspecified atom stereocenters. The molecule has 0 aliphatic rings. The van der Waals surface area contributed by atoms with Crippen molar-refractivity contribution in [1.82, 2.24) is 5.32 Å². The van der Waals surface area contributed by atoms with Crippen LogP contribution in [-0.2, 0) is 0 Å². The molecule has 2 N–H and O–H groups in total. The second kappa shape index (κ2) is 6.10. The van der Waals surface area contributed by atoms with Gasteiger partial charge in [0, 0.05) is 24.6 Å². The minimum Gasteiger partial charge on any atom is -0.508 e. The second-order valence-corrected chi connectivity index (χ2v) is 3.41. The van der Waals surface area contributed by atoms with E-state index < -0.39 is 0 Å². The molecule has 0 amide bonds. The lowest BCUT2D eigenvalue weighted by Crippen LogP contribution is -2.19. The van der Waals surface area contributed by atoms with E-state index >= 15 is 0 Å². The van der Waals surface area contributed by atoms with Gasteiger partial charge in [0.2, 0.25) is 0 Å². The second-order valence-electron chi connectivity index (χ2n) is 3.41. The molecule has 0 aromatic heterocycles. The Labute approximate surface area is 91.3 Å². The minimum atomic E-state index is 0.157. The third-order valence-electron chi connectivity index (χ3n) is 2.28. The molecule has 0 spiro atoms. The van der Waals surface area contributed by atoms with Crippen LogP contribution < -0.4 is 5.32 Å². The van der Waals surface area contributed by atoms with E-state index in [4.69, 9.17) is 0 Å². The van der Waals surface area contributed by atoms with E-state index in [1.54, 1.807) is 6.07 Å². The molecule has 0 heterocycles. The maximum absolute atomic E-state index is 9.62. The first-order chi connectivity index (χ1) is 7.25. The van der Waals surface area contributed by atoms with E-state index in [1.807, 2.05) is 32.0 Å². The first kappa shape index (κ1) is 11.6. The number of para-hydroxylation sites is 1. The smallest absolute Gasteiger partial charge is 0.120 e. The normalized spacial score (nSPS) is 11.6. The Kier molecular flexibility index (Phi) is 4.73. The third-order valence-corrected chi connectivity index (χ3v) is 2.28. The maximum Gasteiger partial charge on any atom is 0.120 e. The van der Waals surface area contributed by atoms with Crippen molar-refractivity contribution in [2.75, 3.05) is 6.54 Å². The van der Waals surface area contributed by atoms with Crippen LogP contribution in [0.15, 0.2) is 24.3 Å². The molecule has 0 saturated heterocycles. The fourth-order valence-electron chi connectivity index (χ4n) is 1.44. The number of rotatable bonds is 4. The zero-order chi connectivity index (χ0) is 11.1. The van der Waals surface area contributed by atoms with Crippen LogP contribution in [0.1, 0.15) is 31.9 Å². The molecular formula is C13H17NO. The largest absolute Gasteiger partial charge is 0.508 e. The summed E-state index contributed by atoms with van der Waals surface area (Å²) in [5, 5.41) is 12.9. The SMILES string of the molecule is CC#CCCNC(C)c1ccccc1O. The predicted octanol–water partition coefficient (Wildman–Crippen LogP) is 2.46. The van der Waals surface area contributed by atoms with E-state index in [-0.39, 0.29) is 6.04 Å². The maximum atomic E-state index is 9.62. The predicted molar refractivity (Wildman–Crippen MR) is 62.6 cm³/mol. The van der Waals surface area contributed by atoms with E-state index in [2.05, 4.69) is 17.2 Å². The Morgan fingerprint density at radius 3 is 2.80 bits per heavy atom. The number of hydrogen-bond donors (Lipinski definition) is 2. The quantitative estimate of drug-likeness (QED) is 0.582. The molecule has 2 heteroatoms. The van der Waals surface area contributed by atoms with Gasteiger partial charge in [0.25, 0.3) is 0 Å². The summed E-state index contributed by atoms with van der Waals surface area (Å²) < 4.78 is 0. The first-order valence-corrected chi connectivity index (χ1v) is 5.16. The van der Waals surface area contributed by atoms with Crippen LogP contribution in [0.2, 0.25) is 0 Å². The van der Waals surface area contributed by atoms with Crippen LogP contribution in [-0.4, -0.2) is 11.7 Å². The standard InChI is InChI=1S/C13H17NO/c1-3-4-7-10-14-11(2)12-8-5-6-9-13(12)15/h5-6,8-9,11,14-15H,7,10H2,1-2H3. The molecule has 0 bridgehead atoms. The van der Waals surface area contributed by atoms with Crippen molar-refractivity contribution in [3.63, 3.8) is 0 Å². The zero-order valence-electron chi connectivity index (χ0n) is 9.25. The Morgan fingerprint density at radius 1 is 1.40 bits per heavy atom. The van der Waals surface area contributed by atoms with Crippen molar-refractivity contribution >= 4 is 0 Å². The molecular weight excluding hydrogens is 186 g/mol. The highest BCUT2D eigenvalue weighted by molar-refractivity contribution is 5.34. The lowest BCUT2D eigenvalue weighted by Gasteiger charge is -2.14. The molecule has 0 aliphatic carbocycles.